The maximum atomic E-state index is 14.0. The van der Waals surface area contributed by atoms with E-state index in [4.69, 9.17) is 14.2 Å². The first-order chi connectivity index (χ1) is 42.5. The number of H-pyrrole nitrogens is 1. The van der Waals surface area contributed by atoms with Crippen LogP contribution in [-0.4, -0.2) is 155 Å². The van der Waals surface area contributed by atoms with Crippen LogP contribution in [0, 0.1) is 26.2 Å². The van der Waals surface area contributed by atoms with Crippen molar-refractivity contribution in [1.29, 1.82) is 0 Å². The Morgan fingerprint density at radius 1 is 0.750 bits per heavy atom. The second-order valence-electron chi connectivity index (χ2n) is 25.4. The highest BCUT2D eigenvalue weighted by atomic mass is 32.1. The maximum Gasteiger partial charge on any atom is 0.253 e. The number of ether oxygens (including phenoxy) is 3. The number of nitrogens with zero attached hydrogens (tertiary/aromatic N) is 5. The summed E-state index contributed by atoms with van der Waals surface area (Å²) < 4.78 is 20.0. The molecule has 3 aliphatic rings. The van der Waals surface area contributed by atoms with Crippen molar-refractivity contribution >= 4 is 45.9 Å². The second kappa shape index (κ2) is 31.7. The Hall–Kier alpha value is -6.58. The largest absolute Gasteiger partial charge is 0.391 e. The Labute approximate surface area is 523 Å². The average Bonchev–Trinajstić information content (AvgIpc) is 2.26. The van der Waals surface area contributed by atoms with E-state index in [2.05, 4.69) is 82.9 Å². The number of piperazine rings is 1. The zero-order valence-corrected chi connectivity index (χ0v) is 53.5. The lowest BCUT2D eigenvalue weighted by atomic mass is 9.85. The number of aryl methyl sites for hydroxylation is 3. The molecule has 2 saturated heterocycles. The number of aliphatic hydroxyl groups is 1. The first-order valence-electron chi connectivity index (χ1n) is 31.9. The van der Waals surface area contributed by atoms with E-state index in [1.165, 1.54) is 23.3 Å². The van der Waals surface area contributed by atoms with Gasteiger partial charge in [-0.1, -0.05) is 82.1 Å². The van der Waals surface area contributed by atoms with E-state index < -0.39 is 35.4 Å². The molecule has 0 bridgehead atoms. The number of amides is 4. The van der Waals surface area contributed by atoms with Crippen LogP contribution in [0.25, 0.3) is 32.5 Å². The number of unbranched alkanes of at least 4 members (excludes halogenated alkanes) is 4. The van der Waals surface area contributed by atoms with Gasteiger partial charge >= 0.3 is 0 Å². The summed E-state index contributed by atoms with van der Waals surface area (Å²) in [5.41, 5.74) is 11.2. The highest BCUT2D eigenvalue weighted by molar-refractivity contribution is 7.13. The van der Waals surface area contributed by atoms with Gasteiger partial charge in [-0.25, -0.2) is 4.98 Å². The minimum atomic E-state index is -0.923. The predicted octanol–water partition coefficient (Wildman–Crippen LogP) is 9.41. The number of hydrogen-bond donors (Lipinski definition) is 5. The van der Waals surface area contributed by atoms with Crippen molar-refractivity contribution in [1.82, 2.24) is 45.2 Å². The Balaban J connectivity index is 0.593. The fraction of sp³-hybridized carbons (Fsp3) is 0.536. The van der Waals surface area contributed by atoms with E-state index in [0.29, 0.717) is 30.4 Å². The Morgan fingerprint density at radius 3 is 2.06 bits per heavy atom. The molecule has 1 aliphatic carbocycles. The molecule has 5 heterocycles. The number of pyridine rings is 1. The number of likely N-dealkylation sites (tertiary alicyclic amines) is 1. The number of rotatable bonds is 30. The number of carbonyl (C=O) groups excluding carboxylic acids is 4. The third-order valence-corrected chi connectivity index (χ3v) is 18.5. The topological polar surface area (TPSA) is 213 Å². The molecular weight excluding hydrogens is 1130 g/mol. The first kappa shape index (κ1) is 65.9. The number of thiazole rings is 1. The Kier molecular flexibility index (Phi) is 23.8. The summed E-state index contributed by atoms with van der Waals surface area (Å²) in [4.78, 5) is 82.0. The smallest absolute Gasteiger partial charge is 0.253 e. The molecule has 3 atom stereocenters. The van der Waals surface area contributed by atoms with E-state index in [0.717, 1.165) is 165 Å². The molecule has 3 fully saturated rings. The third-order valence-electron chi connectivity index (χ3n) is 17.5. The number of hydrogen-bond acceptors (Lipinski definition) is 13. The first-order valence-corrected chi connectivity index (χ1v) is 32.8. The summed E-state index contributed by atoms with van der Waals surface area (Å²) in [6, 6.07) is 23.6. The molecule has 1 saturated carbocycles. The molecule has 0 spiro atoms. The van der Waals surface area contributed by atoms with Gasteiger partial charge in [0.2, 0.25) is 17.7 Å². The van der Waals surface area contributed by atoms with Crippen LogP contribution in [-0.2, 0) is 48.2 Å². The monoisotopic (exact) mass is 1220 g/mol. The molecule has 2 aliphatic heterocycles. The van der Waals surface area contributed by atoms with E-state index in [1.807, 2.05) is 83.5 Å². The minimum absolute atomic E-state index is 0.00776. The zero-order chi connectivity index (χ0) is 62.2. The van der Waals surface area contributed by atoms with Gasteiger partial charge in [-0.3, -0.25) is 33.8 Å². The fourth-order valence-corrected chi connectivity index (χ4v) is 13.2. The number of benzene rings is 3. The fourth-order valence-electron chi connectivity index (χ4n) is 12.4. The van der Waals surface area contributed by atoms with Crippen LogP contribution in [0.2, 0.25) is 0 Å². The van der Waals surface area contributed by atoms with Crippen LogP contribution in [0.1, 0.15) is 141 Å². The summed E-state index contributed by atoms with van der Waals surface area (Å²) in [6.45, 7) is 20.7. The highest BCUT2D eigenvalue weighted by Gasteiger charge is 2.44. The van der Waals surface area contributed by atoms with Gasteiger partial charge in [-0.05, 0) is 135 Å². The van der Waals surface area contributed by atoms with Crippen LogP contribution < -0.4 is 21.5 Å². The van der Waals surface area contributed by atoms with Crippen LogP contribution in [0.15, 0.2) is 89.3 Å². The van der Waals surface area contributed by atoms with Crippen molar-refractivity contribution in [3.05, 3.63) is 134 Å². The predicted molar refractivity (Wildman–Crippen MR) is 346 cm³/mol. The quantitative estimate of drug-likeness (QED) is 0.0267. The van der Waals surface area contributed by atoms with E-state index in [-0.39, 0.29) is 50.0 Å². The van der Waals surface area contributed by atoms with Gasteiger partial charge in [0.05, 0.1) is 28.8 Å². The summed E-state index contributed by atoms with van der Waals surface area (Å²) in [5.74, 6) is -1.35. The molecule has 0 radical (unpaired) electrons. The number of β-amino-alcohol motifs (C(OH)–C–C–N with tert-alkyl or cyclic N) is 1. The average molecular weight is 1220 g/mol. The summed E-state index contributed by atoms with van der Waals surface area (Å²) in [6.07, 6.45) is 11.8. The van der Waals surface area contributed by atoms with E-state index in [9.17, 15) is 29.1 Å². The van der Waals surface area contributed by atoms with Crippen LogP contribution in [0.4, 0.5) is 0 Å². The third kappa shape index (κ3) is 18.1. The number of aromatic nitrogens is 3. The molecule has 9 rings (SSSR count). The van der Waals surface area contributed by atoms with Crippen LogP contribution in [0.5, 0.6) is 0 Å². The van der Waals surface area contributed by atoms with Gasteiger partial charge in [0.1, 0.15) is 18.7 Å². The molecule has 6 aromatic rings. The second-order valence-corrected chi connectivity index (χ2v) is 26.3. The number of nitrogens with one attached hydrogen (secondary N) is 4. The lowest BCUT2D eigenvalue weighted by Gasteiger charge is -2.35. The summed E-state index contributed by atoms with van der Waals surface area (Å²) in [5, 5.41) is 20.4. The van der Waals surface area contributed by atoms with Gasteiger partial charge in [-0.15, -0.1) is 11.3 Å². The summed E-state index contributed by atoms with van der Waals surface area (Å²) in [7, 11) is 0. The van der Waals surface area contributed by atoms with E-state index >= 15 is 0 Å². The normalized spacial score (nSPS) is 17.2. The molecule has 88 heavy (non-hydrogen) atoms. The van der Waals surface area contributed by atoms with Crippen LogP contribution in [0.3, 0.4) is 0 Å². The number of fused-ring (bicyclic) bond motifs is 1. The molecule has 474 valence electrons. The Morgan fingerprint density at radius 2 is 1.40 bits per heavy atom. The molecule has 3 aromatic heterocycles. The number of aromatic amines is 1. The van der Waals surface area contributed by atoms with Crippen LogP contribution >= 0.6 is 11.3 Å². The van der Waals surface area contributed by atoms with Crippen molar-refractivity contribution in [2.45, 2.75) is 156 Å². The molecule has 19 heteroatoms. The lowest BCUT2D eigenvalue weighted by molar-refractivity contribution is -0.144. The van der Waals surface area contributed by atoms with Gasteiger partial charge in [0.25, 0.3) is 11.5 Å². The molecule has 3 aromatic carbocycles. The van der Waals surface area contributed by atoms with E-state index in [1.54, 1.807) is 11.3 Å². The molecule has 1 unspecified atom stereocenters. The maximum absolute atomic E-state index is 14.0. The van der Waals surface area contributed by atoms with Gasteiger partial charge < -0.3 is 49.7 Å². The van der Waals surface area contributed by atoms with Crippen molar-refractivity contribution in [2.75, 3.05) is 78.9 Å². The number of carbonyl (C=O) groups is 4. The number of aliphatic hydroxyl groups excluding tert-OH is 1. The van der Waals surface area contributed by atoms with Gasteiger partial charge in [-0.2, -0.15) is 0 Å². The van der Waals surface area contributed by atoms with Crippen molar-refractivity contribution < 1.29 is 38.5 Å². The molecule has 18 nitrogen and oxygen atoms in total. The Bertz CT molecular complexity index is 3320. The van der Waals surface area contributed by atoms with Crippen molar-refractivity contribution in [3.8, 4) is 21.6 Å². The minimum Gasteiger partial charge on any atom is -0.391 e. The summed E-state index contributed by atoms with van der Waals surface area (Å²) >= 11 is 1.58. The van der Waals surface area contributed by atoms with Crippen molar-refractivity contribution in [2.24, 2.45) is 5.41 Å². The SMILES string of the molecule is Cc1cc(C)c(CNC(=O)c2cc(-c3ccc(CN4CCN(CCOCCCCCOCCCCCOCC(=O)NC(C(=O)N5C[C@H](O)C[C@H]5C(=O)NCc5ccc(-c6scnc6C)cc5)C(C)(C)C)CC4)cc3)cc3c2ccn3C2CCCC2)c(=O)[nH]1. The zero-order valence-electron chi connectivity index (χ0n) is 52.6. The molecular formula is C69H93N9O9S. The molecule has 5 N–H and O–H groups in total. The van der Waals surface area contributed by atoms with Gasteiger partial charge in [0, 0.05) is 132 Å². The standard InChI is InChI=1S/C69H93N9O9S/c1-47-37-48(2)73-66(82)59(47)42-71-65(81)58-38-54(39-60-57(58)25-26-77(60)55-15-9-10-16-55)52-21-19-51(20-22-52)43-76-29-27-75(28-30-76)31-36-86-34-13-7-11-32-85-33-12-8-14-35-87-45-62(80)74-64(69(4,5)6)68(84)78-44-56(79)40-61(78)67(83)70-41-50-17-23-53(24-18-50)63-49(3)72-46-88-63/h17-26,37-39,46,55-56,61,64,79H,7-16,27-36,40-45H2,1-6H3,(H,70,83)(H,71,81)(H,73,82)(H,74,80)/t56-,61+,64?/m1/s1. The highest BCUT2D eigenvalue weighted by Crippen LogP contribution is 2.37. The van der Waals surface area contributed by atoms with Crippen molar-refractivity contribution in [3.63, 3.8) is 0 Å². The van der Waals surface area contributed by atoms with Gasteiger partial charge in [0.15, 0.2) is 0 Å². The molecule has 4 amide bonds. The lowest BCUT2D eigenvalue weighted by Crippen LogP contribution is -2.58.